The molecule has 144 valence electrons. The molecule has 6 heteroatoms. The predicted octanol–water partition coefficient (Wildman–Crippen LogP) is 3.59. The average molecular weight is 369 g/mol. The Labute approximate surface area is 160 Å². The third kappa shape index (κ3) is 4.21. The fourth-order valence-corrected chi connectivity index (χ4v) is 3.94. The molecule has 1 N–H and O–H groups in total. The van der Waals surface area contributed by atoms with Gasteiger partial charge in [-0.1, -0.05) is 12.1 Å². The summed E-state index contributed by atoms with van der Waals surface area (Å²) < 4.78 is 13.5. The molecular formula is C21H28FN5. The zero-order chi connectivity index (χ0) is 18.8. The molecule has 0 saturated carbocycles. The van der Waals surface area contributed by atoms with Gasteiger partial charge in [0.1, 0.15) is 11.6 Å². The summed E-state index contributed by atoms with van der Waals surface area (Å²) in [5.41, 5.74) is 3.35. The van der Waals surface area contributed by atoms with Crippen molar-refractivity contribution in [2.24, 2.45) is 0 Å². The van der Waals surface area contributed by atoms with Crippen molar-refractivity contribution < 1.29 is 4.39 Å². The third-order valence-electron chi connectivity index (χ3n) is 5.24. The van der Waals surface area contributed by atoms with Gasteiger partial charge in [0, 0.05) is 50.7 Å². The summed E-state index contributed by atoms with van der Waals surface area (Å²) in [5, 5.41) is 3.53. The van der Waals surface area contributed by atoms with Crippen molar-refractivity contribution in [3.8, 4) is 0 Å². The summed E-state index contributed by atoms with van der Waals surface area (Å²) in [4.78, 5) is 14.4. The van der Waals surface area contributed by atoms with Gasteiger partial charge in [-0.3, -0.25) is 4.90 Å². The first kappa shape index (κ1) is 18.2. The number of anilines is 2. The van der Waals surface area contributed by atoms with E-state index in [-0.39, 0.29) is 5.82 Å². The van der Waals surface area contributed by atoms with Gasteiger partial charge in [0.2, 0.25) is 5.95 Å². The molecule has 3 heterocycles. The lowest BCUT2D eigenvalue weighted by molar-refractivity contribution is 0.243. The second-order valence-electron chi connectivity index (χ2n) is 7.88. The molecule has 1 saturated heterocycles. The van der Waals surface area contributed by atoms with Gasteiger partial charge in [0.05, 0.1) is 5.69 Å². The molecule has 0 unspecified atom stereocenters. The number of nitrogens with zero attached hydrogens (tertiary/aromatic N) is 4. The Bertz CT molecular complexity index is 801. The highest BCUT2D eigenvalue weighted by atomic mass is 19.1. The lowest BCUT2D eigenvalue weighted by Crippen LogP contribution is -2.33. The van der Waals surface area contributed by atoms with E-state index >= 15 is 0 Å². The number of nitrogens with one attached hydrogen (secondary N) is 1. The van der Waals surface area contributed by atoms with E-state index in [1.165, 1.54) is 24.5 Å². The van der Waals surface area contributed by atoms with Crippen LogP contribution in [0.15, 0.2) is 24.3 Å². The number of halogens is 1. The molecule has 2 aromatic rings. The van der Waals surface area contributed by atoms with Crippen LogP contribution >= 0.6 is 0 Å². The first-order chi connectivity index (χ1) is 13.1. The molecule has 2 aliphatic rings. The molecule has 0 bridgehead atoms. The average Bonchev–Trinajstić information content (AvgIpc) is 3.16. The molecule has 1 aromatic heterocycles. The van der Waals surface area contributed by atoms with Crippen molar-refractivity contribution in [2.45, 2.75) is 52.2 Å². The monoisotopic (exact) mass is 369 g/mol. The van der Waals surface area contributed by atoms with Gasteiger partial charge < -0.3 is 10.2 Å². The van der Waals surface area contributed by atoms with Gasteiger partial charge in [-0.05, 0) is 44.4 Å². The van der Waals surface area contributed by atoms with Crippen molar-refractivity contribution in [1.82, 2.24) is 14.9 Å². The maximum Gasteiger partial charge on any atom is 0.227 e. The minimum atomic E-state index is -0.175. The largest absolute Gasteiger partial charge is 0.367 e. The van der Waals surface area contributed by atoms with Crippen LogP contribution in [0.4, 0.5) is 16.2 Å². The molecule has 27 heavy (non-hydrogen) atoms. The normalized spacial score (nSPS) is 17.4. The molecule has 4 rings (SSSR count). The van der Waals surface area contributed by atoms with Gasteiger partial charge in [-0.25, -0.2) is 9.37 Å². The Hall–Kier alpha value is -2.21. The van der Waals surface area contributed by atoms with Gasteiger partial charge in [0.25, 0.3) is 0 Å². The number of hydrogen-bond acceptors (Lipinski definition) is 5. The van der Waals surface area contributed by atoms with Crippen LogP contribution in [0.3, 0.4) is 0 Å². The number of aromatic nitrogens is 2. The third-order valence-corrected chi connectivity index (χ3v) is 5.24. The molecule has 1 aromatic carbocycles. The topological polar surface area (TPSA) is 44.3 Å². The Balaban J connectivity index is 1.59. The van der Waals surface area contributed by atoms with Crippen molar-refractivity contribution >= 4 is 11.8 Å². The smallest absolute Gasteiger partial charge is 0.227 e. The van der Waals surface area contributed by atoms with Gasteiger partial charge in [-0.2, -0.15) is 4.98 Å². The first-order valence-electron chi connectivity index (χ1n) is 9.96. The standard InChI is InChI=1S/C21H28FN5/c1-15(2)23-20-18-14-26(13-16-6-5-7-17(22)12-16)11-8-19(18)24-21(25-20)27-9-3-4-10-27/h5-7,12,15H,3-4,8-11,13-14H2,1-2H3,(H,23,24,25). The fraction of sp³-hybridized carbons (Fsp3) is 0.524. The molecule has 0 atom stereocenters. The maximum atomic E-state index is 13.5. The molecular weight excluding hydrogens is 341 g/mol. The van der Waals surface area contributed by atoms with E-state index in [2.05, 4.69) is 29.0 Å². The van der Waals surface area contributed by atoms with E-state index in [1.807, 2.05) is 6.07 Å². The Morgan fingerprint density at radius 2 is 1.96 bits per heavy atom. The Morgan fingerprint density at radius 3 is 2.70 bits per heavy atom. The number of fused-ring (bicyclic) bond motifs is 1. The van der Waals surface area contributed by atoms with Crippen LogP contribution in [0, 0.1) is 5.82 Å². The minimum absolute atomic E-state index is 0.175. The fourth-order valence-electron chi connectivity index (χ4n) is 3.94. The quantitative estimate of drug-likeness (QED) is 0.872. The highest BCUT2D eigenvalue weighted by Crippen LogP contribution is 2.29. The van der Waals surface area contributed by atoms with E-state index in [0.717, 1.165) is 62.2 Å². The van der Waals surface area contributed by atoms with Crippen molar-refractivity contribution in [3.63, 3.8) is 0 Å². The molecule has 0 radical (unpaired) electrons. The van der Waals surface area contributed by atoms with E-state index in [1.54, 1.807) is 12.1 Å². The lowest BCUT2D eigenvalue weighted by atomic mass is 10.0. The van der Waals surface area contributed by atoms with Crippen LogP contribution in [0.1, 0.15) is 43.5 Å². The molecule has 1 fully saturated rings. The summed E-state index contributed by atoms with van der Waals surface area (Å²) in [5.74, 6) is 1.65. The maximum absolute atomic E-state index is 13.5. The highest BCUT2D eigenvalue weighted by molar-refractivity contribution is 5.53. The van der Waals surface area contributed by atoms with Crippen LogP contribution in [0.2, 0.25) is 0 Å². The zero-order valence-corrected chi connectivity index (χ0v) is 16.2. The second kappa shape index (κ2) is 7.80. The first-order valence-corrected chi connectivity index (χ1v) is 9.96. The predicted molar refractivity (Wildman–Crippen MR) is 106 cm³/mol. The minimum Gasteiger partial charge on any atom is -0.367 e. The lowest BCUT2D eigenvalue weighted by Gasteiger charge is -2.31. The number of rotatable bonds is 5. The summed E-state index contributed by atoms with van der Waals surface area (Å²) in [6.07, 6.45) is 3.34. The van der Waals surface area contributed by atoms with Gasteiger partial charge >= 0.3 is 0 Å². The Morgan fingerprint density at radius 1 is 1.15 bits per heavy atom. The molecule has 5 nitrogen and oxygen atoms in total. The van der Waals surface area contributed by atoms with Crippen LogP contribution in [-0.4, -0.2) is 40.5 Å². The van der Waals surface area contributed by atoms with Crippen LogP contribution < -0.4 is 10.2 Å². The van der Waals surface area contributed by atoms with E-state index in [9.17, 15) is 4.39 Å². The SMILES string of the molecule is CC(C)Nc1nc(N2CCCC2)nc2c1CN(Cc1cccc(F)c1)CC2. The van der Waals surface area contributed by atoms with Crippen LogP contribution in [0.25, 0.3) is 0 Å². The number of benzene rings is 1. The van der Waals surface area contributed by atoms with Gasteiger partial charge in [0.15, 0.2) is 0 Å². The summed E-state index contributed by atoms with van der Waals surface area (Å²) in [7, 11) is 0. The summed E-state index contributed by atoms with van der Waals surface area (Å²) >= 11 is 0. The van der Waals surface area contributed by atoms with Crippen molar-refractivity contribution in [2.75, 3.05) is 29.9 Å². The van der Waals surface area contributed by atoms with Crippen molar-refractivity contribution in [3.05, 3.63) is 46.9 Å². The molecule has 0 amide bonds. The molecule has 0 spiro atoms. The molecule has 0 aliphatic carbocycles. The highest BCUT2D eigenvalue weighted by Gasteiger charge is 2.25. The molecule has 2 aliphatic heterocycles. The number of hydrogen-bond donors (Lipinski definition) is 1. The van der Waals surface area contributed by atoms with Crippen LogP contribution in [0.5, 0.6) is 0 Å². The van der Waals surface area contributed by atoms with Crippen molar-refractivity contribution in [1.29, 1.82) is 0 Å². The Kier molecular flexibility index (Phi) is 5.25. The second-order valence-corrected chi connectivity index (χ2v) is 7.88. The van der Waals surface area contributed by atoms with Gasteiger partial charge in [-0.15, -0.1) is 0 Å². The van der Waals surface area contributed by atoms with E-state index in [4.69, 9.17) is 9.97 Å². The zero-order valence-electron chi connectivity index (χ0n) is 16.2. The summed E-state index contributed by atoms with van der Waals surface area (Å²) in [6, 6.07) is 7.19. The summed E-state index contributed by atoms with van der Waals surface area (Å²) in [6.45, 7) is 8.83. The van der Waals surface area contributed by atoms with Crippen LogP contribution in [-0.2, 0) is 19.5 Å². The van der Waals surface area contributed by atoms with E-state index in [0.29, 0.717) is 6.04 Å². The van der Waals surface area contributed by atoms with E-state index < -0.39 is 0 Å².